The van der Waals surface area contributed by atoms with Crippen LogP contribution in [-0.2, 0) is 14.1 Å². The third-order valence-corrected chi connectivity index (χ3v) is 5.86. The highest BCUT2D eigenvalue weighted by Crippen LogP contribution is 2.44. The minimum Gasteiger partial charge on any atom is -0.341 e. The highest BCUT2D eigenvalue weighted by Gasteiger charge is 2.38. The number of carbonyl (C=O) groups excluding carboxylic acids is 1. The van der Waals surface area contributed by atoms with Crippen molar-refractivity contribution in [3.8, 4) is 0 Å². The molecule has 0 unspecified atom stereocenters. The lowest BCUT2D eigenvalue weighted by atomic mass is 9.82. The van der Waals surface area contributed by atoms with Crippen LogP contribution in [0, 0.1) is 6.92 Å². The van der Waals surface area contributed by atoms with E-state index in [1.54, 1.807) is 19.2 Å². The molecule has 0 radical (unpaired) electrons. The Kier molecular flexibility index (Phi) is 3.83. The molecule has 0 aliphatic carbocycles. The number of nitrogens with zero attached hydrogens (tertiary/aromatic N) is 2. The van der Waals surface area contributed by atoms with Crippen molar-refractivity contribution in [1.82, 2.24) is 14.1 Å². The first-order chi connectivity index (χ1) is 14.4. The van der Waals surface area contributed by atoms with Gasteiger partial charge in [0.15, 0.2) is 5.78 Å². The summed E-state index contributed by atoms with van der Waals surface area (Å²) in [4.78, 5) is 42.8. The van der Waals surface area contributed by atoms with Crippen LogP contribution in [0.1, 0.15) is 33.0 Å². The normalized spacial score (nSPS) is 14.8. The van der Waals surface area contributed by atoms with Crippen molar-refractivity contribution >= 4 is 28.3 Å². The minimum atomic E-state index is -0.833. The Morgan fingerprint density at radius 3 is 2.37 bits per heavy atom. The van der Waals surface area contributed by atoms with Crippen LogP contribution in [0.5, 0.6) is 0 Å². The Bertz CT molecular complexity index is 1460. The summed E-state index contributed by atoms with van der Waals surface area (Å²) in [6.07, 6.45) is 0. The molecular formula is C23H20N4O3. The van der Waals surface area contributed by atoms with Gasteiger partial charge in [0.2, 0.25) is 0 Å². The molecule has 0 bridgehead atoms. The molecular weight excluding hydrogens is 380 g/mol. The largest absolute Gasteiger partial charge is 0.341 e. The number of anilines is 2. The topological polar surface area (TPSA) is 88.9 Å². The number of benzene rings is 2. The Hall–Kier alpha value is -3.87. The molecule has 0 fully saturated rings. The van der Waals surface area contributed by atoms with Gasteiger partial charge in [0.05, 0.1) is 11.5 Å². The average Bonchev–Trinajstić information content (AvgIpc) is 3.13. The summed E-state index contributed by atoms with van der Waals surface area (Å²) >= 11 is 0. The Labute approximate surface area is 171 Å². The molecule has 7 heteroatoms. The van der Waals surface area contributed by atoms with E-state index < -0.39 is 17.2 Å². The zero-order valence-corrected chi connectivity index (χ0v) is 16.8. The van der Waals surface area contributed by atoms with E-state index in [-0.39, 0.29) is 11.3 Å². The lowest BCUT2D eigenvalue weighted by Gasteiger charge is -2.27. The zero-order valence-electron chi connectivity index (χ0n) is 16.8. The fourth-order valence-corrected chi connectivity index (χ4v) is 4.25. The molecule has 2 N–H and O–H groups in total. The third-order valence-electron chi connectivity index (χ3n) is 5.86. The molecule has 3 heterocycles. The van der Waals surface area contributed by atoms with Crippen LogP contribution in [0.25, 0.3) is 10.9 Å². The standard InChI is InChI=1S/C23H20N4O3/c1-12-8-10-13(11-9-12)19(28)17-16-14-6-4-5-7-15(14)24-20(16)25-21-18(17)22(29)27(3)23(30)26(21)2/h4-11,17,24-25H,1-3H3/t17-/m0/s1. The average molecular weight is 400 g/mol. The van der Waals surface area contributed by atoms with Gasteiger partial charge in [0, 0.05) is 36.1 Å². The molecule has 0 saturated carbocycles. The van der Waals surface area contributed by atoms with Gasteiger partial charge < -0.3 is 10.3 Å². The number of fused-ring (bicyclic) bond motifs is 4. The second-order valence-electron chi connectivity index (χ2n) is 7.72. The summed E-state index contributed by atoms with van der Waals surface area (Å²) in [7, 11) is 3.03. The molecule has 4 aromatic rings. The molecule has 5 rings (SSSR count). The molecule has 2 aromatic heterocycles. The molecule has 0 amide bonds. The molecule has 2 aromatic carbocycles. The monoisotopic (exact) mass is 400 g/mol. The third kappa shape index (κ3) is 2.41. The van der Waals surface area contributed by atoms with E-state index in [4.69, 9.17) is 0 Å². The van der Waals surface area contributed by atoms with Gasteiger partial charge in [-0.15, -0.1) is 0 Å². The first kappa shape index (κ1) is 18.2. The highest BCUT2D eigenvalue weighted by atomic mass is 16.2. The number of H-pyrrole nitrogens is 1. The fraction of sp³-hybridized carbons (Fsp3) is 0.174. The highest BCUT2D eigenvalue weighted by molar-refractivity contribution is 6.09. The lowest BCUT2D eigenvalue weighted by molar-refractivity contribution is 0.0973. The van der Waals surface area contributed by atoms with Crippen molar-refractivity contribution in [2.24, 2.45) is 14.1 Å². The Balaban J connectivity index is 1.87. The maximum Gasteiger partial charge on any atom is 0.332 e. The van der Waals surface area contributed by atoms with E-state index in [9.17, 15) is 14.4 Å². The number of hydrogen-bond acceptors (Lipinski definition) is 4. The molecule has 150 valence electrons. The fourth-order valence-electron chi connectivity index (χ4n) is 4.25. The summed E-state index contributed by atoms with van der Waals surface area (Å²) in [5.74, 6) is -0.0508. The smallest absolute Gasteiger partial charge is 0.332 e. The van der Waals surface area contributed by atoms with E-state index >= 15 is 0 Å². The van der Waals surface area contributed by atoms with Gasteiger partial charge in [0.1, 0.15) is 11.6 Å². The predicted octanol–water partition coefficient (Wildman–Crippen LogP) is 2.95. The summed E-state index contributed by atoms with van der Waals surface area (Å²) in [5, 5.41) is 4.06. The number of hydrogen-bond donors (Lipinski definition) is 2. The Morgan fingerprint density at radius 2 is 1.63 bits per heavy atom. The van der Waals surface area contributed by atoms with Crippen molar-refractivity contribution in [1.29, 1.82) is 0 Å². The van der Waals surface area contributed by atoms with Crippen molar-refractivity contribution in [3.63, 3.8) is 0 Å². The molecule has 1 atom stereocenters. The van der Waals surface area contributed by atoms with Gasteiger partial charge in [-0.1, -0.05) is 48.0 Å². The number of rotatable bonds is 2. The number of nitrogens with one attached hydrogen (secondary N) is 2. The quantitative estimate of drug-likeness (QED) is 0.507. The molecule has 30 heavy (non-hydrogen) atoms. The second-order valence-corrected chi connectivity index (χ2v) is 7.72. The molecule has 1 aliphatic heterocycles. The van der Waals surface area contributed by atoms with Crippen LogP contribution in [0.2, 0.25) is 0 Å². The lowest BCUT2D eigenvalue weighted by Crippen LogP contribution is -2.43. The molecule has 1 aliphatic rings. The summed E-state index contributed by atoms with van der Waals surface area (Å²) in [6, 6.07) is 15.0. The van der Waals surface area contributed by atoms with E-state index in [1.165, 1.54) is 11.6 Å². The number of aromatic nitrogens is 3. The number of Topliss-reactive ketones (excluding diaryl/α,β-unsaturated/α-hetero) is 1. The molecule has 0 saturated heterocycles. The van der Waals surface area contributed by atoms with E-state index in [0.717, 1.165) is 26.6 Å². The summed E-state index contributed by atoms with van der Waals surface area (Å²) < 4.78 is 2.43. The molecule has 7 nitrogen and oxygen atoms in total. The van der Waals surface area contributed by atoms with Gasteiger partial charge in [-0.3, -0.25) is 18.7 Å². The second kappa shape index (κ2) is 6.32. The van der Waals surface area contributed by atoms with Crippen molar-refractivity contribution in [3.05, 3.63) is 91.6 Å². The van der Waals surface area contributed by atoms with Gasteiger partial charge in [-0.2, -0.15) is 0 Å². The Morgan fingerprint density at radius 1 is 0.933 bits per heavy atom. The van der Waals surface area contributed by atoms with Gasteiger partial charge in [0.25, 0.3) is 5.56 Å². The zero-order chi connectivity index (χ0) is 21.2. The first-order valence-corrected chi connectivity index (χ1v) is 9.67. The van der Waals surface area contributed by atoms with E-state index in [0.29, 0.717) is 17.2 Å². The molecule has 0 spiro atoms. The van der Waals surface area contributed by atoms with Crippen LogP contribution in [-0.4, -0.2) is 19.9 Å². The number of aryl methyl sites for hydroxylation is 1. The maximum absolute atomic E-state index is 13.8. The van der Waals surface area contributed by atoms with Crippen molar-refractivity contribution in [2.45, 2.75) is 12.8 Å². The van der Waals surface area contributed by atoms with Gasteiger partial charge in [-0.05, 0) is 13.0 Å². The predicted molar refractivity (Wildman–Crippen MR) is 116 cm³/mol. The van der Waals surface area contributed by atoms with Crippen molar-refractivity contribution < 1.29 is 4.79 Å². The number of ketones is 1. The maximum atomic E-state index is 13.8. The minimum absolute atomic E-state index is 0.181. The SMILES string of the molecule is Cc1ccc(C(=O)[C@@H]2c3c(n(C)c(=O)n(C)c3=O)Nc3[nH]c4ccccc4c32)cc1. The van der Waals surface area contributed by atoms with Gasteiger partial charge >= 0.3 is 5.69 Å². The van der Waals surface area contributed by atoms with Crippen LogP contribution >= 0.6 is 0 Å². The van der Waals surface area contributed by atoms with Crippen LogP contribution in [0.4, 0.5) is 11.6 Å². The summed E-state index contributed by atoms with van der Waals surface area (Å²) in [6.45, 7) is 1.96. The van der Waals surface area contributed by atoms with Crippen molar-refractivity contribution in [2.75, 3.05) is 5.32 Å². The van der Waals surface area contributed by atoms with E-state index in [1.807, 2.05) is 43.3 Å². The number of aromatic amines is 1. The van der Waals surface area contributed by atoms with E-state index in [2.05, 4.69) is 10.3 Å². The number of para-hydroxylation sites is 1. The first-order valence-electron chi connectivity index (χ1n) is 9.67. The summed E-state index contributed by atoms with van der Waals surface area (Å²) in [5.41, 5.74) is 2.50. The van der Waals surface area contributed by atoms with Crippen LogP contribution < -0.4 is 16.6 Å². The van der Waals surface area contributed by atoms with Gasteiger partial charge in [-0.25, -0.2) is 4.79 Å². The van der Waals surface area contributed by atoms with Crippen LogP contribution in [0.3, 0.4) is 0 Å². The number of carbonyl (C=O) groups is 1. The van der Waals surface area contributed by atoms with Crippen LogP contribution in [0.15, 0.2) is 58.1 Å².